The Balaban J connectivity index is 2.98. The lowest BCUT2D eigenvalue weighted by atomic mass is 10.1. The van der Waals surface area contributed by atoms with Crippen molar-refractivity contribution in [3.05, 3.63) is 34.3 Å². The summed E-state index contributed by atoms with van der Waals surface area (Å²) in [6.07, 6.45) is -0.0645. The van der Waals surface area contributed by atoms with E-state index in [4.69, 9.17) is 22.4 Å². The molecule has 0 spiro atoms. The van der Waals surface area contributed by atoms with Crippen LogP contribution in [-0.4, -0.2) is 17.0 Å². The van der Waals surface area contributed by atoms with E-state index >= 15 is 0 Å². The summed E-state index contributed by atoms with van der Waals surface area (Å²) in [5, 5.41) is 8.94. The minimum Gasteiger partial charge on any atom is -0.478 e. The zero-order valence-corrected chi connectivity index (χ0v) is 8.91. The Morgan fingerprint density at radius 3 is 2.69 bits per heavy atom. The molecule has 82 valence electrons. The zero-order chi connectivity index (χ0) is 12.1. The molecule has 0 aromatic heterocycles. The van der Waals surface area contributed by atoms with Crippen molar-refractivity contribution in [1.29, 1.82) is 0 Å². The molecular weight excluding hydrogens is 230 g/mol. The largest absolute Gasteiger partial charge is 0.478 e. The molecule has 0 atom stereocenters. The van der Waals surface area contributed by atoms with E-state index in [1.165, 1.54) is 12.1 Å². The lowest BCUT2D eigenvalue weighted by Gasteiger charge is -1.98. The van der Waals surface area contributed by atoms with Crippen LogP contribution in [0.4, 0.5) is 0 Å². The van der Waals surface area contributed by atoms with Gasteiger partial charge in [-0.3, -0.25) is 4.79 Å². The van der Waals surface area contributed by atoms with Crippen LogP contribution in [0, 0.1) is 11.8 Å². The van der Waals surface area contributed by atoms with Crippen LogP contribution in [0.2, 0.25) is 5.02 Å². The maximum absolute atomic E-state index is 10.7. The van der Waals surface area contributed by atoms with E-state index < -0.39 is 11.9 Å². The van der Waals surface area contributed by atoms with Crippen LogP contribution in [-0.2, 0) is 4.79 Å². The van der Waals surface area contributed by atoms with Gasteiger partial charge in [-0.2, -0.15) is 0 Å². The highest BCUT2D eigenvalue weighted by atomic mass is 35.5. The number of nitrogens with two attached hydrogens (primary N) is 1. The number of aromatic carboxylic acids is 1. The van der Waals surface area contributed by atoms with Crippen molar-refractivity contribution in [3.8, 4) is 11.8 Å². The number of amides is 1. The quantitative estimate of drug-likeness (QED) is 0.760. The molecule has 0 bridgehead atoms. The fraction of sp³-hybridized carbons (Fsp3) is 0.0909. The maximum atomic E-state index is 10.7. The van der Waals surface area contributed by atoms with Crippen molar-refractivity contribution < 1.29 is 14.7 Å². The van der Waals surface area contributed by atoms with E-state index in [-0.39, 0.29) is 17.0 Å². The second-order valence-electron chi connectivity index (χ2n) is 2.94. The molecule has 1 aromatic rings. The number of carboxylic acid groups (broad SMARTS) is 1. The first kappa shape index (κ1) is 12.1. The Kier molecular flexibility index (Phi) is 3.92. The van der Waals surface area contributed by atoms with E-state index in [2.05, 4.69) is 11.8 Å². The summed E-state index contributed by atoms with van der Waals surface area (Å²) in [5.41, 5.74) is 5.36. The highest BCUT2D eigenvalue weighted by Gasteiger charge is 2.08. The standard InChI is InChI=1S/C11H8ClNO3/c12-9-5-4-7(2-1-3-10(13)14)6-8(9)11(15)16/h4-6H,3H2,(H2,13,14)(H,15,16). The van der Waals surface area contributed by atoms with Gasteiger partial charge in [-0.15, -0.1) is 0 Å². The number of primary amides is 1. The van der Waals surface area contributed by atoms with Crippen LogP contribution >= 0.6 is 11.6 Å². The van der Waals surface area contributed by atoms with Gasteiger partial charge in [0.25, 0.3) is 0 Å². The molecule has 5 heteroatoms. The molecule has 0 unspecified atom stereocenters. The zero-order valence-electron chi connectivity index (χ0n) is 8.16. The SMILES string of the molecule is NC(=O)CC#Cc1ccc(Cl)c(C(=O)O)c1. The first-order valence-electron chi connectivity index (χ1n) is 4.30. The first-order chi connectivity index (χ1) is 7.50. The van der Waals surface area contributed by atoms with Crippen LogP contribution in [0.5, 0.6) is 0 Å². The van der Waals surface area contributed by atoms with E-state index in [0.29, 0.717) is 5.56 Å². The fourth-order valence-electron chi connectivity index (χ4n) is 1.00. The number of halogens is 1. The Bertz CT molecular complexity index is 500. The summed E-state index contributed by atoms with van der Waals surface area (Å²) in [7, 11) is 0. The third kappa shape index (κ3) is 3.30. The second-order valence-corrected chi connectivity index (χ2v) is 3.35. The Morgan fingerprint density at radius 1 is 1.44 bits per heavy atom. The summed E-state index contributed by atoms with van der Waals surface area (Å²) in [6.45, 7) is 0. The number of hydrogen-bond donors (Lipinski definition) is 2. The summed E-state index contributed by atoms with van der Waals surface area (Å²) < 4.78 is 0. The number of benzene rings is 1. The molecule has 0 aliphatic rings. The van der Waals surface area contributed by atoms with Gasteiger partial charge in [-0.1, -0.05) is 23.4 Å². The van der Waals surface area contributed by atoms with Gasteiger partial charge < -0.3 is 10.8 Å². The third-order valence-electron chi connectivity index (χ3n) is 1.69. The van der Waals surface area contributed by atoms with Crippen molar-refractivity contribution in [3.63, 3.8) is 0 Å². The number of carbonyl (C=O) groups excluding carboxylic acids is 1. The number of carboxylic acids is 1. The van der Waals surface area contributed by atoms with E-state index in [1.807, 2.05) is 0 Å². The number of carbonyl (C=O) groups is 2. The molecule has 1 aromatic carbocycles. The lowest BCUT2D eigenvalue weighted by Crippen LogP contribution is -2.08. The van der Waals surface area contributed by atoms with Crippen LogP contribution in [0.3, 0.4) is 0 Å². The number of rotatable bonds is 2. The molecule has 4 nitrogen and oxygen atoms in total. The van der Waals surface area contributed by atoms with Gasteiger partial charge in [0.05, 0.1) is 17.0 Å². The molecule has 0 saturated carbocycles. The summed E-state index contributed by atoms with van der Waals surface area (Å²) >= 11 is 5.67. The monoisotopic (exact) mass is 237 g/mol. The predicted molar refractivity (Wildman–Crippen MR) is 59.1 cm³/mol. The molecule has 16 heavy (non-hydrogen) atoms. The molecule has 0 saturated heterocycles. The van der Waals surface area contributed by atoms with Crippen LogP contribution in [0.25, 0.3) is 0 Å². The Morgan fingerprint density at radius 2 is 2.12 bits per heavy atom. The van der Waals surface area contributed by atoms with Gasteiger partial charge in [0.1, 0.15) is 0 Å². The van der Waals surface area contributed by atoms with Crippen molar-refractivity contribution >= 4 is 23.5 Å². The van der Waals surface area contributed by atoms with Crippen LogP contribution in [0.15, 0.2) is 18.2 Å². The first-order valence-corrected chi connectivity index (χ1v) is 4.68. The third-order valence-corrected chi connectivity index (χ3v) is 2.02. The van der Waals surface area contributed by atoms with E-state index in [9.17, 15) is 9.59 Å². The molecule has 0 heterocycles. The molecule has 0 fully saturated rings. The molecular formula is C11H8ClNO3. The van der Waals surface area contributed by atoms with Crippen LogP contribution in [0.1, 0.15) is 22.3 Å². The highest BCUT2D eigenvalue weighted by Crippen LogP contribution is 2.17. The number of hydrogen-bond acceptors (Lipinski definition) is 2. The van der Waals surface area contributed by atoms with Crippen LogP contribution < -0.4 is 5.73 Å². The molecule has 1 amide bonds. The van der Waals surface area contributed by atoms with Crippen molar-refractivity contribution in [2.45, 2.75) is 6.42 Å². The van der Waals surface area contributed by atoms with E-state index in [1.54, 1.807) is 6.07 Å². The molecule has 1 rings (SSSR count). The van der Waals surface area contributed by atoms with Crippen molar-refractivity contribution in [2.24, 2.45) is 5.73 Å². The summed E-state index contributed by atoms with van der Waals surface area (Å²) in [5.74, 6) is 3.50. The maximum Gasteiger partial charge on any atom is 0.337 e. The van der Waals surface area contributed by atoms with Gasteiger partial charge >= 0.3 is 5.97 Å². The van der Waals surface area contributed by atoms with Crippen molar-refractivity contribution in [1.82, 2.24) is 0 Å². The normalized spacial score (nSPS) is 9.06. The fourth-order valence-corrected chi connectivity index (χ4v) is 1.20. The van der Waals surface area contributed by atoms with E-state index in [0.717, 1.165) is 0 Å². The molecule has 3 N–H and O–H groups in total. The molecule has 0 aliphatic heterocycles. The molecule has 0 aliphatic carbocycles. The van der Waals surface area contributed by atoms with Crippen molar-refractivity contribution in [2.75, 3.05) is 0 Å². The van der Waals surface area contributed by atoms with Gasteiger partial charge in [0.2, 0.25) is 5.91 Å². The van der Waals surface area contributed by atoms with Gasteiger partial charge in [-0.05, 0) is 18.2 Å². The Labute approximate surface area is 97.0 Å². The van der Waals surface area contributed by atoms with Gasteiger partial charge in [-0.25, -0.2) is 4.79 Å². The Hall–Kier alpha value is -1.99. The second kappa shape index (κ2) is 5.19. The highest BCUT2D eigenvalue weighted by molar-refractivity contribution is 6.33. The minimum absolute atomic E-state index is 0.0208. The van der Waals surface area contributed by atoms with Gasteiger partial charge in [0.15, 0.2) is 0 Å². The minimum atomic E-state index is -1.12. The average Bonchev–Trinajstić information content (AvgIpc) is 2.19. The topological polar surface area (TPSA) is 80.4 Å². The average molecular weight is 238 g/mol. The smallest absolute Gasteiger partial charge is 0.337 e. The van der Waals surface area contributed by atoms with Gasteiger partial charge in [0, 0.05) is 5.56 Å². The predicted octanol–water partition coefficient (Wildman–Crippen LogP) is 1.27. The molecule has 0 radical (unpaired) electrons. The summed E-state index contributed by atoms with van der Waals surface area (Å²) in [6, 6.07) is 4.36. The lowest BCUT2D eigenvalue weighted by molar-refractivity contribution is -0.117. The summed E-state index contributed by atoms with van der Waals surface area (Å²) in [4.78, 5) is 21.2.